The number of benzene rings is 2. The predicted molar refractivity (Wildman–Crippen MR) is 107 cm³/mol. The summed E-state index contributed by atoms with van der Waals surface area (Å²) in [7, 11) is 0. The van der Waals surface area contributed by atoms with Crippen molar-refractivity contribution in [2.24, 2.45) is 16.8 Å². The molecule has 0 aliphatic carbocycles. The number of thioether (sulfide) groups is 1. The second kappa shape index (κ2) is 9.96. The second-order valence-electron chi connectivity index (χ2n) is 5.51. The third kappa shape index (κ3) is 5.73. The van der Waals surface area contributed by atoms with Gasteiger partial charge in [0.1, 0.15) is 0 Å². The average Bonchev–Trinajstić information content (AvgIpc) is 2.72. The molecule has 6 N–H and O–H groups in total. The number of anilines is 1. The van der Waals surface area contributed by atoms with Gasteiger partial charge in [0.25, 0.3) is 0 Å². The molecule has 1 amide bonds. The first-order valence-electron chi connectivity index (χ1n) is 7.99. The Hall–Kier alpha value is -3.55. The molecular weight excluding hydrogens is 380 g/mol. The topological polar surface area (TPSA) is 158 Å². The summed E-state index contributed by atoms with van der Waals surface area (Å²) in [6.07, 6.45) is 0. The number of nitrogens with zero attached hydrogens (tertiary/aromatic N) is 3. The molecule has 2 aromatic carbocycles. The Kier molecular flexibility index (Phi) is 7.38. The van der Waals surface area contributed by atoms with E-state index < -0.39 is 5.97 Å². The molecule has 0 unspecified atom stereocenters. The van der Waals surface area contributed by atoms with E-state index in [-0.39, 0.29) is 28.9 Å². The van der Waals surface area contributed by atoms with E-state index in [0.29, 0.717) is 11.3 Å². The molecule has 2 rings (SSSR count). The Morgan fingerprint density at radius 1 is 1.25 bits per heavy atom. The van der Waals surface area contributed by atoms with Crippen LogP contribution in [-0.4, -0.2) is 27.9 Å². The van der Waals surface area contributed by atoms with Crippen LogP contribution in [0, 0.1) is 11.3 Å². The number of nitrogens with two attached hydrogens (primary N) is 2. The van der Waals surface area contributed by atoms with E-state index in [9.17, 15) is 9.59 Å². The van der Waals surface area contributed by atoms with Gasteiger partial charge in [-0.3, -0.25) is 9.80 Å². The first kappa shape index (κ1) is 20.8. The van der Waals surface area contributed by atoms with Gasteiger partial charge in [-0.15, -0.1) is 0 Å². The summed E-state index contributed by atoms with van der Waals surface area (Å²) in [6, 6.07) is 14.8. The normalized spacial score (nSPS) is 10.8. The fourth-order valence-corrected chi connectivity index (χ4v) is 2.86. The molecule has 0 atom stereocenters. The maximum atomic E-state index is 12.1. The van der Waals surface area contributed by atoms with E-state index in [1.165, 1.54) is 29.3 Å². The quantitative estimate of drug-likeness (QED) is 0.245. The lowest BCUT2D eigenvalue weighted by Gasteiger charge is -2.19. The zero-order valence-electron chi connectivity index (χ0n) is 14.7. The maximum Gasteiger partial charge on any atom is 0.335 e. The minimum absolute atomic E-state index is 0.0227. The number of aromatic carboxylic acids is 1. The second-order valence-corrected chi connectivity index (χ2v) is 6.45. The minimum atomic E-state index is -1.05. The number of carboxylic acid groups (broad SMARTS) is 1. The van der Waals surface area contributed by atoms with E-state index in [2.05, 4.69) is 10.4 Å². The van der Waals surface area contributed by atoms with Crippen LogP contribution in [0.15, 0.2) is 53.6 Å². The van der Waals surface area contributed by atoms with Crippen molar-refractivity contribution in [3.05, 3.63) is 65.2 Å². The number of nitrogens with one attached hydrogen (secondary N) is 1. The molecule has 28 heavy (non-hydrogen) atoms. The van der Waals surface area contributed by atoms with E-state index in [1.807, 2.05) is 12.1 Å². The van der Waals surface area contributed by atoms with Crippen molar-refractivity contribution in [3.8, 4) is 6.07 Å². The van der Waals surface area contributed by atoms with Crippen molar-refractivity contribution in [1.82, 2.24) is 5.32 Å². The van der Waals surface area contributed by atoms with Gasteiger partial charge in [-0.2, -0.15) is 10.4 Å². The number of amidine groups is 1. The van der Waals surface area contributed by atoms with Crippen molar-refractivity contribution >= 4 is 34.5 Å². The van der Waals surface area contributed by atoms with Crippen molar-refractivity contribution in [2.45, 2.75) is 6.54 Å². The molecule has 0 aliphatic heterocycles. The van der Waals surface area contributed by atoms with Gasteiger partial charge in [0.2, 0.25) is 11.1 Å². The Morgan fingerprint density at radius 2 is 1.96 bits per heavy atom. The Balaban J connectivity index is 1.89. The summed E-state index contributed by atoms with van der Waals surface area (Å²) in [5.41, 5.74) is 1.92. The Morgan fingerprint density at radius 3 is 2.57 bits per heavy atom. The monoisotopic (exact) mass is 398 g/mol. The molecule has 0 aliphatic rings. The van der Waals surface area contributed by atoms with Crippen LogP contribution in [0.1, 0.15) is 21.5 Å². The number of nitriles is 1. The molecule has 0 fully saturated rings. The molecule has 2 aromatic rings. The predicted octanol–water partition coefficient (Wildman–Crippen LogP) is 1.22. The van der Waals surface area contributed by atoms with Crippen LogP contribution < -0.4 is 22.0 Å². The summed E-state index contributed by atoms with van der Waals surface area (Å²) in [5.74, 6) is 10.0. The molecule has 0 radical (unpaired) electrons. The third-order valence-electron chi connectivity index (χ3n) is 3.59. The Bertz CT molecular complexity index is 924. The van der Waals surface area contributed by atoms with Crippen molar-refractivity contribution in [1.29, 1.82) is 5.26 Å². The van der Waals surface area contributed by atoms with Crippen LogP contribution in [0.4, 0.5) is 5.69 Å². The largest absolute Gasteiger partial charge is 0.478 e. The highest BCUT2D eigenvalue weighted by molar-refractivity contribution is 8.14. The van der Waals surface area contributed by atoms with E-state index in [4.69, 9.17) is 22.1 Å². The van der Waals surface area contributed by atoms with Gasteiger partial charge in [-0.05, 0) is 42.0 Å². The van der Waals surface area contributed by atoms with Crippen LogP contribution in [-0.2, 0) is 11.3 Å². The minimum Gasteiger partial charge on any atom is -0.478 e. The average molecular weight is 398 g/mol. The molecule has 0 bridgehead atoms. The highest BCUT2D eigenvalue weighted by Gasteiger charge is 2.14. The van der Waals surface area contributed by atoms with Gasteiger partial charge >= 0.3 is 5.97 Å². The van der Waals surface area contributed by atoms with Crippen molar-refractivity contribution in [3.63, 3.8) is 0 Å². The van der Waals surface area contributed by atoms with Crippen molar-refractivity contribution in [2.75, 3.05) is 10.8 Å². The molecule has 0 saturated heterocycles. The third-order valence-corrected chi connectivity index (χ3v) is 4.55. The lowest BCUT2D eigenvalue weighted by atomic mass is 10.1. The fraction of sp³-hybridized carbons (Fsp3) is 0.111. The van der Waals surface area contributed by atoms with Crippen LogP contribution in [0.3, 0.4) is 0 Å². The number of carbonyl (C=O) groups excluding carboxylic acids is 1. The highest BCUT2D eigenvalue weighted by atomic mass is 32.2. The molecule has 0 saturated carbocycles. The zero-order chi connectivity index (χ0) is 20.5. The molecule has 144 valence electrons. The SMILES string of the molecule is N#Cc1cccc(CNC(=O)CS/C(=N/N)N(N)c2ccc(C(=O)O)cc2)c1. The van der Waals surface area contributed by atoms with Gasteiger partial charge in [0.15, 0.2) is 0 Å². The number of hydrazone groups is 1. The van der Waals surface area contributed by atoms with E-state index >= 15 is 0 Å². The summed E-state index contributed by atoms with van der Waals surface area (Å²) >= 11 is 1.03. The van der Waals surface area contributed by atoms with Crippen LogP contribution in [0.5, 0.6) is 0 Å². The molecule has 0 heterocycles. The summed E-state index contributed by atoms with van der Waals surface area (Å²) in [4.78, 5) is 22.9. The summed E-state index contributed by atoms with van der Waals surface area (Å²) in [5, 5.41) is 25.5. The Labute approximate surface area is 165 Å². The smallest absolute Gasteiger partial charge is 0.335 e. The van der Waals surface area contributed by atoms with Crippen LogP contribution in [0.2, 0.25) is 0 Å². The molecule has 10 heteroatoms. The molecule has 9 nitrogen and oxygen atoms in total. The van der Waals surface area contributed by atoms with Gasteiger partial charge in [-0.25, -0.2) is 10.6 Å². The summed E-state index contributed by atoms with van der Waals surface area (Å²) < 4.78 is 0. The number of carbonyl (C=O) groups is 2. The molecule has 0 spiro atoms. The first-order chi connectivity index (χ1) is 13.4. The van der Waals surface area contributed by atoms with Gasteiger partial charge in [-0.1, -0.05) is 23.9 Å². The first-order valence-corrected chi connectivity index (χ1v) is 8.97. The highest BCUT2D eigenvalue weighted by Crippen LogP contribution is 2.17. The van der Waals surface area contributed by atoms with Gasteiger partial charge in [0.05, 0.1) is 28.6 Å². The summed E-state index contributed by atoms with van der Waals surface area (Å²) in [6.45, 7) is 0.285. The lowest BCUT2D eigenvalue weighted by molar-refractivity contribution is -0.118. The molecule has 0 aromatic heterocycles. The van der Waals surface area contributed by atoms with Crippen molar-refractivity contribution < 1.29 is 14.7 Å². The van der Waals surface area contributed by atoms with Crippen LogP contribution >= 0.6 is 11.8 Å². The van der Waals surface area contributed by atoms with Gasteiger partial charge in [0, 0.05) is 6.54 Å². The molecular formula is C18H18N6O3S. The van der Waals surface area contributed by atoms with E-state index in [0.717, 1.165) is 17.3 Å². The number of hydrogen-bond acceptors (Lipinski definition) is 7. The van der Waals surface area contributed by atoms with E-state index in [1.54, 1.807) is 18.2 Å². The number of hydrogen-bond donors (Lipinski definition) is 4. The maximum absolute atomic E-state index is 12.1. The lowest BCUT2D eigenvalue weighted by Crippen LogP contribution is -2.37. The number of rotatable bonds is 6. The number of amides is 1. The fourth-order valence-electron chi connectivity index (χ4n) is 2.18. The zero-order valence-corrected chi connectivity index (χ0v) is 15.5. The van der Waals surface area contributed by atoms with Crippen LogP contribution in [0.25, 0.3) is 0 Å². The number of hydrazine groups is 1. The number of carboxylic acids is 1. The van der Waals surface area contributed by atoms with Gasteiger partial charge < -0.3 is 16.3 Å². The standard InChI is InChI=1S/C18H18N6O3S/c19-9-12-2-1-3-13(8-12)10-22-16(25)11-28-18(23-20)24(21)15-6-4-14(5-7-15)17(26)27/h1-8H,10-11,20-21H2,(H,22,25)(H,26,27)/b23-18+.